The molecule has 2 rings (SSSR count). The zero-order valence-corrected chi connectivity index (χ0v) is 9.68. The Morgan fingerprint density at radius 1 is 1.56 bits per heavy atom. The second-order valence-corrected chi connectivity index (χ2v) is 4.60. The second-order valence-electron chi connectivity index (χ2n) is 3.75. The molecule has 1 N–H and O–H groups in total. The molecule has 6 heteroatoms. The van der Waals surface area contributed by atoms with Gasteiger partial charge >= 0.3 is 5.97 Å². The van der Waals surface area contributed by atoms with Gasteiger partial charge in [-0.2, -0.15) is 0 Å². The number of rotatable bonds is 3. The molecule has 1 aliphatic carbocycles. The number of halogens is 1. The molecule has 0 spiro atoms. The zero-order chi connectivity index (χ0) is 11.9. The van der Waals surface area contributed by atoms with Crippen LogP contribution in [0.4, 0.5) is 5.69 Å². The summed E-state index contributed by atoms with van der Waals surface area (Å²) in [6.07, 6.45) is 0.603. The van der Waals surface area contributed by atoms with Crippen LogP contribution in [0, 0.1) is 16.0 Å². The van der Waals surface area contributed by atoms with Crippen molar-refractivity contribution in [3.8, 4) is 0 Å². The fourth-order valence-electron chi connectivity index (χ4n) is 1.74. The molecule has 0 aliphatic heterocycles. The number of carboxylic acids is 1. The van der Waals surface area contributed by atoms with Gasteiger partial charge in [0, 0.05) is 16.6 Å². The highest BCUT2D eigenvalue weighted by molar-refractivity contribution is 9.10. The van der Waals surface area contributed by atoms with Gasteiger partial charge in [0.25, 0.3) is 5.69 Å². The van der Waals surface area contributed by atoms with Crippen molar-refractivity contribution >= 4 is 27.6 Å². The normalized spacial score (nSPS) is 22.8. The Kier molecular flexibility index (Phi) is 2.67. The second kappa shape index (κ2) is 3.86. The van der Waals surface area contributed by atoms with Crippen LogP contribution in [0.15, 0.2) is 22.7 Å². The average molecular weight is 286 g/mol. The van der Waals surface area contributed by atoms with Crippen LogP contribution in [0.3, 0.4) is 0 Å². The lowest BCUT2D eigenvalue weighted by Crippen LogP contribution is -1.99. The van der Waals surface area contributed by atoms with Crippen molar-refractivity contribution in [1.82, 2.24) is 0 Å². The zero-order valence-electron chi connectivity index (χ0n) is 8.09. The number of nitro benzene ring substituents is 1. The standard InChI is InChI=1S/C10H8BrNO4/c11-9-3-5(12(15)16)1-2-6(9)7-4-8(7)10(13)14/h1-3,7-8H,4H2,(H,13,14). The van der Waals surface area contributed by atoms with Gasteiger partial charge in [-0.25, -0.2) is 0 Å². The minimum absolute atomic E-state index is 0.00292. The third kappa shape index (κ3) is 1.92. The van der Waals surface area contributed by atoms with Gasteiger partial charge in [0.05, 0.1) is 10.8 Å². The first-order chi connectivity index (χ1) is 7.50. The first kappa shape index (κ1) is 11.1. The molecule has 1 saturated carbocycles. The van der Waals surface area contributed by atoms with E-state index in [2.05, 4.69) is 15.9 Å². The van der Waals surface area contributed by atoms with Gasteiger partial charge < -0.3 is 5.11 Å². The minimum Gasteiger partial charge on any atom is -0.481 e. The SMILES string of the molecule is O=C(O)C1CC1c1ccc([N+](=O)[O-])cc1Br. The molecule has 1 aliphatic rings. The Bertz CT molecular complexity index is 474. The van der Waals surface area contributed by atoms with E-state index in [1.807, 2.05) is 0 Å². The quantitative estimate of drug-likeness (QED) is 0.684. The molecule has 2 unspecified atom stereocenters. The molecule has 1 fully saturated rings. The smallest absolute Gasteiger partial charge is 0.307 e. The van der Waals surface area contributed by atoms with Crippen molar-refractivity contribution in [2.24, 2.45) is 5.92 Å². The van der Waals surface area contributed by atoms with Crippen molar-refractivity contribution in [2.45, 2.75) is 12.3 Å². The lowest BCUT2D eigenvalue weighted by Gasteiger charge is -2.02. The summed E-state index contributed by atoms with van der Waals surface area (Å²) in [4.78, 5) is 20.7. The van der Waals surface area contributed by atoms with E-state index in [9.17, 15) is 14.9 Å². The van der Waals surface area contributed by atoms with Crippen LogP contribution >= 0.6 is 15.9 Å². The van der Waals surface area contributed by atoms with Crippen molar-refractivity contribution < 1.29 is 14.8 Å². The molecule has 16 heavy (non-hydrogen) atoms. The van der Waals surface area contributed by atoms with Crippen LogP contribution in [0.25, 0.3) is 0 Å². The molecule has 1 aromatic rings. The van der Waals surface area contributed by atoms with Gasteiger partial charge in [0.2, 0.25) is 0 Å². The number of carbonyl (C=O) groups is 1. The Balaban J connectivity index is 2.25. The molecule has 0 radical (unpaired) electrons. The molecule has 0 bridgehead atoms. The molecule has 0 aromatic heterocycles. The van der Waals surface area contributed by atoms with Crippen LogP contribution in [0.5, 0.6) is 0 Å². The monoisotopic (exact) mass is 285 g/mol. The minimum atomic E-state index is -0.810. The van der Waals surface area contributed by atoms with E-state index < -0.39 is 10.9 Å². The summed E-state index contributed by atoms with van der Waals surface area (Å²) < 4.78 is 0.607. The molecule has 0 saturated heterocycles. The van der Waals surface area contributed by atoms with Gasteiger partial charge in [0.1, 0.15) is 0 Å². The molecule has 84 valence electrons. The maximum atomic E-state index is 10.7. The van der Waals surface area contributed by atoms with E-state index in [0.717, 1.165) is 5.56 Å². The Morgan fingerprint density at radius 3 is 2.69 bits per heavy atom. The number of non-ortho nitro benzene ring substituents is 1. The van der Waals surface area contributed by atoms with E-state index in [1.165, 1.54) is 12.1 Å². The summed E-state index contributed by atoms with van der Waals surface area (Å²) in [6, 6.07) is 4.43. The fraction of sp³-hybridized carbons (Fsp3) is 0.300. The van der Waals surface area contributed by atoms with Gasteiger partial charge in [-0.3, -0.25) is 14.9 Å². The highest BCUT2D eigenvalue weighted by Gasteiger charge is 2.45. The number of benzene rings is 1. The number of carboxylic acid groups (broad SMARTS) is 1. The lowest BCUT2D eigenvalue weighted by molar-refractivity contribution is -0.384. The third-order valence-corrected chi connectivity index (χ3v) is 3.39. The van der Waals surface area contributed by atoms with Gasteiger partial charge in [-0.05, 0) is 17.9 Å². The number of nitro groups is 1. The van der Waals surface area contributed by atoms with Crippen LogP contribution in [0.2, 0.25) is 0 Å². The van der Waals surface area contributed by atoms with Gasteiger partial charge in [-0.15, -0.1) is 0 Å². The lowest BCUT2D eigenvalue weighted by atomic mass is 10.1. The predicted molar refractivity (Wildman–Crippen MR) is 59.3 cm³/mol. The molecular formula is C10H8BrNO4. The summed E-state index contributed by atoms with van der Waals surface area (Å²) in [5.41, 5.74) is 0.834. The topological polar surface area (TPSA) is 80.4 Å². The first-order valence-corrected chi connectivity index (χ1v) is 5.46. The summed E-state index contributed by atoms with van der Waals surface area (Å²) in [6.45, 7) is 0. The average Bonchev–Trinajstić information content (AvgIpc) is 2.97. The summed E-state index contributed by atoms with van der Waals surface area (Å²) in [7, 11) is 0. The van der Waals surface area contributed by atoms with Crippen LogP contribution in [0.1, 0.15) is 17.9 Å². The van der Waals surface area contributed by atoms with E-state index in [4.69, 9.17) is 5.11 Å². The Labute approximate surface area is 99.4 Å². The van der Waals surface area contributed by atoms with E-state index >= 15 is 0 Å². The summed E-state index contributed by atoms with van der Waals surface area (Å²) in [5, 5.41) is 19.3. The third-order valence-electron chi connectivity index (χ3n) is 2.70. The number of nitrogens with zero attached hydrogens (tertiary/aromatic N) is 1. The Hall–Kier alpha value is -1.43. The van der Waals surface area contributed by atoms with Crippen molar-refractivity contribution in [3.05, 3.63) is 38.3 Å². The van der Waals surface area contributed by atoms with E-state index in [-0.39, 0.29) is 17.5 Å². The van der Waals surface area contributed by atoms with Crippen molar-refractivity contribution in [1.29, 1.82) is 0 Å². The largest absolute Gasteiger partial charge is 0.481 e. The molecule has 0 amide bonds. The maximum Gasteiger partial charge on any atom is 0.307 e. The highest BCUT2D eigenvalue weighted by atomic mass is 79.9. The summed E-state index contributed by atoms with van der Waals surface area (Å²) >= 11 is 3.24. The molecule has 0 heterocycles. The summed E-state index contributed by atoms with van der Waals surface area (Å²) in [5.74, 6) is -1.18. The van der Waals surface area contributed by atoms with Crippen molar-refractivity contribution in [3.63, 3.8) is 0 Å². The van der Waals surface area contributed by atoms with Gasteiger partial charge in [-0.1, -0.05) is 22.0 Å². The number of hydrogen-bond acceptors (Lipinski definition) is 3. The number of aliphatic carboxylic acids is 1. The molecule has 5 nitrogen and oxygen atoms in total. The molecular weight excluding hydrogens is 278 g/mol. The van der Waals surface area contributed by atoms with E-state index in [0.29, 0.717) is 10.9 Å². The van der Waals surface area contributed by atoms with Gasteiger partial charge in [0.15, 0.2) is 0 Å². The maximum absolute atomic E-state index is 10.7. The molecule has 1 aromatic carbocycles. The first-order valence-electron chi connectivity index (χ1n) is 4.67. The fourth-order valence-corrected chi connectivity index (χ4v) is 2.40. The highest BCUT2D eigenvalue weighted by Crippen LogP contribution is 2.50. The predicted octanol–water partition coefficient (Wildman–Crippen LogP) is 2.55. The Morgan fingerprint density at radius 2 is 2.25 bits per heavy atom. The van der Waals surface area contributed by atoms with Crippen LogP contribution in [-0.4, -0.2) is 16.0 Å². The van der Waals surface area contributed by atoms with Crippen LogP contribution in [-0.2, 0) is 4.79 Å². The molecule has 2 atom stereocenters. The van der Waals surface area contributed by atoms with Crippen molar-refractivity contribution in [2.75, 3.05) is 0 Å². The number of hydrogen-bond donors (Lipinski definition) is 1. The van der Waals surface area contributed by atoms with Crippen LogP contribution < -0.4 is 0 Å². The van der Waals surface area contributed by atoms with E-state index in [1.54, 1.807) is 6.07 Å².